The molecule has 0 aliphatic rings. The summed E-state index contributed by atoms with van der Waals surface area (Å²) in [5, 5.41) is 0. The van der Waals surface area contributed by atoms with Gasteiger partial charge in [-0.2, -0.15) is 0 Å². The van der Waals surface area contributed by atoms with Crippen LogP contribution in [0.3, 0.4) is 0 Å². The van der Waals surface area contributed by atoms with E-state index in [1.165, 1.54) is 0 Å². The van der Waals surface area contributed by atoms with E-state index in [1.54, 1.807) is 0 Å². The third-order valence-electron chi connectivity index (χ3n) is 4.14. The fraction of sp³-hybridized carbons (Fsp3) is 0.0400. The lowest BCUT2D eigenvalue weighted by Crippen LogP contribution is -1.96. The van der Waals surface area contributed by atoms with Crippen molar-refractivity contribution in [1.29, 1.82) is 0 Å². The molecule has 0 aliphatic carbocycles. The van der Waals surface area contributed by atoms with Crippen LogP contribution >= 0.6 is 11.6 Å². The standard InChI is InChI=1S/C25H19ClO3/c26-18-19-16-23(27-20-10-4-1-5-11-20)25(29-22-14-8-3-9-15-22)24(17-19)28-21-12-6-2-7-13-21/h1-17H,18H2. The Kier molecular flexibility index (Phi) is 5.98. The molecule has 0 bridgehead atoms. The average Bonchev–Trinajstić information content (AvgIpc) is 2.78. The lowest BCUT2D eigenvalue weighted by molar-refractivity contribution is 0.385. The highest BCUT2D eigenvalue weighted by molar-refractivity contribution is 6.17. The van der Waals surface area contributed by atoms with Gasteiger partial charge < -0.3 is 14.2 Å². The summed E-state index contributed by atoms with van der Waals surface area (Å²) < 4.78 is 18.5. The normalized spacial score (nSPS) is 10.4. The topological polar surface area (TPSA) is 27.7 Å². The van der Waals surface area contributed by atoms with Crippen molar-refractivity contribution in [3.8, 4) is 34.5 Å². The van der Waals surface area contributed by atoms with E-state index < -0.39 is 0 Å². The SMILES string of the molecule is ClCc1cc(Oc2ccccc2)c(Oc2ccccc2)c(Oc2ccccc2)c1. The molecule has 0 fully saturated rings. The van der Waals surface area contributed by atoms with Crippen LogP contribution in [0, 0.1) is 0 Å². The number of hydrogen-bond donors (Lipinski definition) is 0. The quantitative estimate of drug-likeness (QED) is 0.295. The average molecular weight is 403 g/mol. The molecule has 0 saturated carbocycles. The zero-order chi connectivity index (χ0) is 19.9. The first-order valence-electron chi connectivity index (χ1n) is 9.23. The molecule has 3 nitrogen and oxygen atoms in total. The highest BCUT2D eigenvalue weighted by Crippen LogP contribution is 2.45. The van der Waals surface area contributed by atoms with E-state index in [-0.39, 0.29) is 0 Å². The number of alkyl halides is 1. The van der Waals surface area contributed by atoms with Crippen LogP contribution < -0.4 is 14.2 Å². The van der Waals surface area contributed by atoms with Crippen molar-refractivity contribution in [2.45, 2.75) is 5.88 Å². The minimum absolute atomic E-state index is 0.321. The van der Waals surface area contributed by atoms with Gasteiger partial charge in [0.15, 0.2) is 11.5 Å². The molecule has 0 heterocycles. The molecule has 144 valence electrons. The van der Waals surface area contributed by atoms with Crippen molar-refractivity contribution in [3.05, 3.63) is 109 Å². The van der Waals surface area contributed by atoms with E-state index in [0.717, 1.165) is 5.56 Å². The van der Waals surface area contributed by atoms with Crippen LogP contribution in [-0.4, -0.2) is 0 Å². The monoisotopic (exact) mass is 402 g/mol. The molecule has 0 spiro atoms. The first kappa shape index (κ1) is 18.9. The number of rotatable bonds is 7. The summed E-state index contributed by atoms with van der Waals surface area (Å²) in [6.07, 6.45) is 0. The Morgan fingerprint density at radius 3 is 1.28 bits per heavy atom. The maximum atomic E-state index is 6.19. The molecule has 4 rings (SSSR count). The van der Waals surface area contributed by atoms with E-state index >= 15 is 0 Å². The van der Waals surface area contributed by atoms with Gasteiger partial charge in [-0.05, 0) is 54.1 Å². The highest BCUT2D eigenvalue weighted by atomic mass is 35.5. The Labute approximate surface area is 175 Å². The Bertz CT molecular complexity index is 989. The van der Waals surface area contributed by atoms with Gasteiger partial charge in [0.1, 0.15) is 17.2 Å². The molecule has 29 heavy (non-hydrogen) atoms. The zero-order valence-corrected chi connectivity index (χ0v) is 16.4. The summed E-state index contributed by atoms with van der Waals surface area (Å²) in [5.74, 6) is 3.95. The third kappa shape index (κ3) is 4.89. The van der Waals surface area contributed by atoms with Crippen molar-refractivity contribution in [3.63, 3.8) is 0 Å². The summed E-state index contributed by atoms with van der Waals surface area (Å²) in [6.45, 7) is 0. The van der Waals surface area contributed by atoms with Crippen molar-refractivity contribution in [2.75, 3.05) is 0 Å². The number of hydrogen-bond acceptors (Lipinski definition) is 3. The Balaban J connectivity index is 1.79. The summed E-state index contributed by atoms with van der Waals surface area (Å²) in [4.78, 5) is 0. The molecule has 0 N–H and O–H groups in total. The molecule has 4 aromatic carbocycles. The number of benzene rings is 4. The summed E-state index contributed by atoms with van der Waals surface area (Å²) in [7, 11) is 0. The zero-order valence-electron chi connectivity index (χ0n) is 15.6. The van der Waals surface area contributed by atoms with Crippen LogP contribution in [0.4, 0.5) is 0 Å². The fourth-order valence-electron chi connectivity index (χ4n) is 2.80. The maximum Gasteiger partial charge on any atom is 0.212 e. The largest absolute Gasteiger partial charge is 0.453 e. The predicted molar refractivity (Wildman–Crippen MR) is 116 cm³/mol. The van der Waals surface area contributed by atoms with Crippen LogP contribution in [0.25, 0.3) is 0 Å². The molecule has 0 saturated heterocycles. The van der Waals surface area contributed by atoms with Crippen molar-refractivity contribution in [2.24, 2.45) is 0 Å². The number of ether oxygens (including phenoxy) is 3. The lowest BCUT2D eigenvalue weighted by Gasteiger charge is -2.18. The molecule has 4 heteroatoms. The van der Waals surface area contributed by atoms with Gasteiger partial charge in [0.2, 0.25) is 5.75 Å². The van der Waals surface area contributed by atoms with Crippen LogP contribution in [0.2, 0.25) is 0 Å². The summed E-state index contributed by atoms with van der Waals surface area (Å²) in [5.41, 5.74) is 0.865. The van der Waals surface area contributed by atoms with E-state index in [4.69, 9.17) is 25.8 Å². The minimum atomic E-state index is 0.321. The minimum Gasteiger partial charge on any atom is -0.453 e. The van der Waals surface area contributed by atoms with Gasteiger partial charge in [-0.3, -0.25) is 0 Å². The second-order valence-corrected chi connectivity index (χ2v) is 6.57. The molecule has 0 atom stereocenters. The Morgan fingerprint density at radius 2 is 0.897 bits per heavy atom. The number of para-hydroxylation sites is 3. The van der Waals surface area contributed by atoms with Gasteiger partial charge in [0.05, 0.1) is 0 Å². The highest BCUT2D eigenvalue weighted by Gasteiger charge is 2.18. The smallest absolute Gasteiger partial charge is 0.212 e. The molecule has 4 aromatic rings. The molecule has 0 aliphatic heterocycles. The molecule has 0 radical (unpaired) electrons. The molecule has 0 amide bonds. The van der Waals surface area contributed by atoms with Crippen LogP contribution in [0.15, 0.2) is 103 Å². The van der Waals surface area contributed by atoms with E-state index in [0.29, 0.717) is 40.4 Å². The molecule has 0 aromatic heterocycles. The maximum absolute atomic E-state index is 6.19. The van der Waals surface area contributed by atoms with Gasteiger partial charge in [-0.15, -0.1) is 11.6 Å². The second kappa shape index (κ2) is 9.18. The Hall–Kier alpha value is -3.43. The molecular formula is C25H19ClO3. The van der Waals surface area contributed by atoms with Gasteiger partial charge >= 0.3 is 0 Å². The lowest BCUT2D eigenvalue weighted by atomic mass is 10.2. The second-order valence-electron chi connectivity index (χ2n) is 6.30. The van der Waals surface area contributed by atoms with Gasteiger partial charge in [-0.25, -0.2) is 0 Å². The van der Waals surface area contributed by atoms with Crippen LogP contribution in [0.1, 0.15) is 5.56 Å². The van der Waals surface area contributed by atoms with Crippen LogP contribution in [-0.2, 0) is 5.88 Å². The molecular weight excluding hydrogens is 384 g/mol. The number of halogens is 1. The van der Waals surface area contributed by atoms with Crippen LogP contribution in [0.5, 0.6) is 34.5 Å². The van der Waals surface area contributed by atoms with E-state index in [1.807, 2.05) is 103 Å². The summed E-state index contributed by atoms with van der Waals surface area (Å²) >= 11 is 6.14. The van der Waals surface area contributed by atoms with Crippen molar-refractivity contribution in [1.82, 2.24) is 0 Å². The third-order valence-corrected chi connectivity index (χ3v) is 4.45. The fourth-order valence-corrected chi connectivity index (χ4v) is 2.95. The van der Waals surface area contributed by atoms with Gasteiger partial charge in [0, 0.05) is 5.88 Å². The van der Waals surface area contributed by atoms with Gasteiger partial charge in [-0.1, -0.05) is 54.6 Å². The van der Waals surface area contributed by atoms with Crippen molar-refractivity contribution >= 4 is 11.6 Å². The Morgan fingerprint density at radius 1 is 0.517 bits per heavy atom. The molecule has 0 unspecified atom stereocenters. The van der Waals surface area contributed by atoms with E-state index in [9.17, 15) is 0 Å². The predicted octanol–water partition coefficient (Wildman–Crippen LogP) is 7.80. The summed E-state index contributed by atoms with van der Waals surface area (Å²) in [6, 6.07) is 32.4. The first-order valence-corrected chi connectivity index (χ1v) is 9.77. The van der Waals surface area contributed by atoms with Crippen molar-refractivity contribution < 1.29 is 14.2 Å². The first-order chi connectivity index (χ1) is 14.3. The van der Waals surface area contributed by atoms with E-state index in [2.05, 4.69) is 0 Å². The van der Waals surface area contributed by atoms with Gasteiger partial charge in [0.25, 0.3) is 0 Å².